The molecule has 0 saturated carbocycles. The number of aromatic nitrogens is 1. The molecule has 1 aliphatic heterocycles. The van der Waals surface area contributed by atoms with Gasteiger partial charge in [-0.05, 0) is 76.9 Å². The Bertz CT molecular complexity index is 1030. The van der Waals surface area contributed by atoms with E-state index in [-0.39, 0.29) is 36.5 Å². The molecule has 2 amide bonds. The monoisotopic (exact) mass is 511 g/mol. The maximum Gasteiger partial charge on any atom is 0.258 e. The number of rotatable bonds is 11. The van der Waals surface area contributed by atoms with Gasteiger partial charge in [-0.15, -0.1) is 0 Å². The third-order valence-corrected chi connectivity index (χ3v) is 6.65. The molecular weight excluding hydrogens is 470 g/mol. The van der Waals surface area contributed by atoms with Crippen LogP contribution in [-0.2, 0) is 11.3 Å². The zero-order valence-electron chi connectivity index (χ0n) is 22.7. The lowest BCUT2D eigenvalue weighted by molar-refractivity contribution is -0.116. The van der Waals surface area contributed by atoms with Crippen LogP contribution in [0.5, 0.6) is 5.75 Å². The predicted octanol–water partition coefficient (Wildman–Crippen LogP) is 2.71. The van der Waals surface area contributed by atoms with E-state index >= 15 is 0 Å². The normalized spacial score (nSPS) is 18.7. The van der Waals surface area contributed by atoms with Crippen molar-refractivity contribution in [2.45, 2.75) is 45.4 Å². The highest BCUT2D eigenvalue weighted by Crippen LogP contribution is 2.31. The fourth-order valence-electron chi connectivity index (χ4n) is 4.47. The molecule has 2 heterocycles. The summed E-state index contributed by atoms with van der Waals surface area (Å²) < 4.78 is 6.46. The number of amides is 2. The van der Waals surface area contributed by atoms with Crippen LogP contribution in [0.15, 0.2) is 42.7 Å². The van der Waals surface area contributed by atoms with Crippen molar-refractivity contribution in [1.82, 2.24) is 19.7 Å². The maximum absolute atomic E-state index is 13.6. The minimum absolute atomic E-state index is 0.0297. The van der Waals surface area contributed by atoms with Gasteiger partial charge in [-0.2, -0.15) is 0 Å². The molecule has 2 aromatic rings. The van der Waals surface area contributed by atoms with Crippen molar-refractivity contribution in [2.75, 3.05) is 52.7 Å². The number of aliphatic hydroxyl groups excluding tert-OH is 1. The Kier molecular flexibility index (Phi) is 10.4. The Morgan fingerprint density at radius 2 is 1.97 bits per heavy atom. The smallest absolute Gasteiger partial charge is 0.258 e. The van der Waals surface area contributed by atoms with Crippen molar-refractivity contribution >= 4 is 17.5 Å². The number of likely N-dealkylation sites (N-methyl/N-ethyl adjacent to an activating group) is 1. The average molecular weight is 512 g/mol. The summed E-state index contributed by atoms with van der Waals surface area (Å²) in [4.78, 5) is 36.1. The molecule has 3 atom stereocenters. The summed E-state index contributed by atoms with van der Waals surface area (Å²) in [5, 5.41) is 12.8. The van der Waals surface area contributed by atoms with Crippen molar-refractivity contribution in [3.05, 3.63) is 53.9 Å². The van der Waals surface area contributed by atoms with Crippen LogP contribution < -0.4 is 10.1 Å². The molecule has 9 heteroatoms. The molecule has 0 bridgehead atoms. The van der Waals surface area contributed by atoms with Crippen molar-refractivity contribution in [1.29, 1.82) is 0 Å². The number of nitrogens with one attached hydrogen (secondary N) is 1. The van der Waals surface area contributed by atoms with Crippen LogP contribution in [0.3, 0.4) is 0 Å². The summed E-state index contributed by atoms with van der Waals surface area (Å²) in [5.74, 6) is 0.211. The minimum Gasteiger partial charge on any atom is -0.488 e. The zero-order chi connectivity index (χ0) is 26.9. The van der Waals surface area contributed by atoms with E-state index in [0.29, 0.717) is 36.5 Å². The summed E-state index contributed by atoms with van der Waals surface area (Å²) in [6.07, 6.45) is 4.54. The van der Waals surface area contributed by atoms with E-state index in [4.69, 9.17) is 4.74 Å². The summed E-state index contributed by atoms with van der Waals surface area (Å²) in [6.45, 7) is 6.46. The van der Waals surface area contributed by atoms with Crippen LogP contribution in [0.2, 0.25) is 0 Å². The number of fused-ring (bicyclic) bond motifs is 1. The highest BCUT2D eigenvalue weighted by molar-refractivity contribution is 5.99. The molecule has 1 aromatic heterocycles. The van der Waals surface area contributed by atoms with Crippen molar-refractivity contribution < 1.29 is 19.4 Å². The van der Waals surface area contributed by atoms with Gasteiger partial charge in [-0.3, -0.25) is 19.5 Å². The molecule has 0 aliphatic carbocycles. The first kappa shape index (κ1) is 28.6. The number of benzene rings is 1. The van der Waals surface area contributed by atoms with Gasteiger partial charge in [0.25, 0.3) is 5.91 Å². The molecule has 0 radical (unpaired) electrons. The van der Waals surface area contributed by atoms with Gasteiger partial charge in [0.2, 0.25) is 5.91 Å². The average Bonchev–Trinajstić information content (AvgIpc) is 2.86. The van der Waals surface area contributed by atoms with Gasteiger partial charge in [-0.1, -0.05) is 6.92 Å². The lowest BCUT2D eigenvalue weighted by atomic mass is 9.99. The molecule has 0 spiro atoms. The number of anilines is 1. The van der Waals surface area contributed by atoms with Crippen LogP contribution in [0.1, 0.15) is 42.6 Å². The van der Waals surface area contributed by atoms with Crippen molar-refractivity contribution in [3.63, 3.8) is 0 Å². The Hall–Kier alpha value is -3.01. The topological polar surface area (TPSA) is 98.2 Å². The van der Waals surface area contributed by atoms with Crippen molar-refractivity contribution in [2.24, 2.45) is 5.92 Å². The van der Waals surface area contributed by atoms with Gasteiger partial charge in [0, 0.05) is 50.1 Å². The Labute approximate surface area is 220 Å². The van der Waals surface area contributed by atoms with Gasteiger partial charge in [-0.25, -0.2) is 0 Å². The SMILES string of the molecule is C[C@H](CO)N1C[C@H](C)[C@@H](CN(C)Cc2ccncc2)Oc2ccc(NC(=O)CCCN(C)C)cc2C1=O. The van der Waals surface area contributed by atoms with Gasteiger partial charge in [0.1, 0.15) is 11.9 Å². The number of carbonyl (C=O) groups excluding carboxylic acids is 2. The number of ether oxygens (including phenoxy) is 1. The highest BCUT2D eigenvalue weighted by atomic mass is 16.5. The van der Waals surface area contributed by atoms with Crippen LogP contribution in [0, 0.1) is 5.92 Å². The highest BCUT2D eigenvalue weighted by Gasteiger charge is 2.33. The molecule has 2 N–H and O–H groups in total. The van der Waals surface area contributed by atoms with Gasteiger partial charge in [0.05, 0.1) is 18.2 Å². The predicted molar refractivity (Wildman–Crippen MR) is 145 cm³/mol. The fourth-order valence-corrected chi connectivity index (χ4v) is 4.47. The van der Waals surface area contributed by atoms with Gasteiger partial charge >= 0.3 is 0 Å². The number of nitrogens with zero attached hydrogens (tertiary/aromatic N) is 4. The molecular formula is C28H41N5O4. The molecule has 202 valence electrons. The van der Waals surface area contributed by atoms with E-state index in [1.54, 1.807) is 35.5 Å². The molecule has 37 heavy (non-hydrogen) atoms. The standard InChI is InChI=1S/C28H41N5O4/c1-20-16-33(21(2)19-34)28(36)24-15-23(30-27(35)7-6-14-31(3)4)8-9-25(24)37-26(20)18-32(5)17-22-10-12-29-13-11-22/h8-13,15,20-21,26,34H,6-7,14,16-19H2,1-5H3,(H,30,35)/t20-,21+,26+/m0/s1. The Balaban J connectivity index is 1.82. The summed E-state index contributed by atoms with van der Waals surface area (Å²) in [7, 11) is 6.00. The summed E-state index contributed by atoms with van der Waals surface area (Å²) in [6, 6.07) is 8.87. The molecule has 1 aliphatic rings. The number of aliphatic hydroxyl groups is 1. The van der Waals surface area contributed by atoms with Gasteiger partial charge < -0.3 is 25.0 Å². The first-order chi connectivity index (χ1) is 17.7. The van der Waals surface area contributed by atoms with E-state index in [1.165, 1.54) is 0 Å². The summed E-state index contributed by atoms with van der Waals surface area (Å²) in [5.41, 5.74) is 2.11. The second-order valence-corrected chi connectivity index (χ2v) is 10.3. The molecule has 9 nitrogen and oxygen atoms in total. The number of hydrogen-bond acceptors (Lipinski definition) is 7. The Morgan fingerprint density at radius 3 is 2.65 bits per heavy atom. The lowest BCUT2D eigenvalue weighted by Gasteiger charge is -2.38. The maximum atomic E-state index is 13.6. The van der Waals surface area contributed by atoms with Gasteiger partial charge in [0.15, 0.2) is 0 Å². The van der Waals surface area contributed by atoms with Crippen LogP contribution in [-0.4, -0.2) is 96.1 Å². The molecule has 0 saturated heterocycles. The van der Waals surface area contributed by atoms with Crippen LogP contribution in [0.4, 0.5) is 5.69 Å². The fraction of sp³-hybridized carbons (Fsp3) is 0.536. The van der Waals surface area contributed by atoms with E-state index < -0.39 is 0 Å². The van der Waals surface area contributed by atoms with E-state index in [2.05, 4.69) is 22.1 Å². The summed E-state index contributed by atoms with van der Waals surface area (Å²) >= 11 is 0. The number of carbonyl (C=O) groups is 2. The molecule has 0 fully saturated rings. The second kappa shape index (κ2) is 13.5. The molecule has 0 unspecified atom stereocenters. The van der Waals surface area contributed by atoms with Crippen LogP contribution in [0.25, 0.3) is 0 Å². The zero-order valence-corrected chi connectivity index (χ0v) is 22.7. The van der Waals surface area contributed by atoms with E-state index in [1.807, 2.05) is 45.1 Å². The molecule has 1 aromatic carbocycles. The largest absolute Gasteiger partial charge is 0.488 e. The minimum atomic E-state index is -0.347. The lowest BCUT2D eigenvalue weighted by Crippen LogP contribution is -2.49. The first-order valence-corrected chi connectivity index (χ1v) is 12.9. The Morgan fingerprint density at radius 1 is 1.24 bits per heavy atom. The second-order valence-electron chi connectivity index (χ2n) is 10.3. The van der Waals surface area contributed by atoms with E-state index in [9.17, 15) is 14.7 Å². The van der Waals surface area contributed by atoms with Crippen molar-refractivity contribution in [3.8, 4) is 5.75 Å². The quantitative estimate of drug-likeness (QED) is 0.479. The third kappa shape index (κ3) is 8.24. The molecule has 3 rings (SSSR count). The van der Waals surface area contributed by atoms with E-state index in [0.717, 1.165) is 25.1 Å². The third-order valence-electron chi connectivity index (χ3n) is 6.65. The number of hydrogen-bond donors (Lipinski definition) is 2. The number of pyridine rings is 1. The first-order valence-electron chi connectivity index (χ1n) is 12.9. The van der Waals surface area contributed by atoms with Crippen LogP contribution >= 0.6 is 0 Å².